The lowest BCUT2D eigenvalue weighted by atomic mass is 9.76. The van der Waals surface area contributed by atoms with Gasteiger partial charge in [-0.05, 0) is 25.7 Å². The number of unbranched alkanes of at least 4 members (excludes halogenated alkanes) is 3. The van der Waals surface area contributed by atoms with Gasteiger partial charge in [0.1, 0.15) is 6.10 Å². The largest absolute Gasteiger partial charge is 0.393 e. The molecule has 0 aromatic carbocycles. The zero-order valence-corrected chi connectivity index (χ0v) is 12.5. The van der Waals surface area contributed by atoms with Crippen LogP contribution in [0.4, 0.5) is 0 Å². The summed E-state index contributed by atoms with van der Waals surface area (Å²) in [5.41, 5.74) is 0. The lowest BCUT2D eigenvalue weighted by molar-refractivity contribution is -0.299. The van der Waals surface area contributed by atoms with E-state index < -0.39 is 18.0 Å². The third kappa shape index (κ3) is 2.52. The fraction of sp³-hybridized carbons (Fsp3) is 1.00. The van der Waals surface area contributed by atoms with E-state index >= 15 is 0 Å². The highest BCUT2D eigenvalue weighted by molar-refractivity contribution is 5.03. The van der Waals surface area contributed by atoms with E-state index in [4.69, 9.17) is 9.47 Å². The number of hydrogen-bond donors (Lipinski definition) is 2. The van der Waals surface area contributed by atoms with Gasteiger partial charge < -0.3 is 19.7 Å². The van der Waals surface area contributed by atoms with Crippen LogP contribution in [0.2, 0.25) is 0 Å². The second kappa shape index (κ2) is 5.91. The third-order valence-corrected chi connectivity index (χ3v) is 5.31. The van der Waals surface area contributed by atoms with Crippen molar-refractivity contribution in [3.05, 3.63) is 0 Å². The van der Waals surface area contributed by atoms with Crippen LogP contribution < -0.4 is 0 Å². The number of aliphatic hydroxyl groups is 2. The van der Waals surface area contributed by atoms with Crippen molar-refractivity contribution in [3.63, 3.8) is 0 Å². The molecule has 0 aromatic heterocycles. The van der Waals surface area contributed by atoms with Crippen LogP contribution in [-0.2, 0) is 9.47 Å². The molecule has 2 bridgehead atoms. The quantitative estimate of drug-likeness (QED) is 0.761. The SMILES string of the molecule is CCCCCC[C@@H]1O[C@]23O[C@H]1CC[C@H]2C[C@@H](O)C[C@H]3O. The molecule has 4 heteroatoms. The minimum Gasteiger partial charge on any atom is -0.393 e. The zero-order chi connectivity index (χ0) is 14.2. The van der Waals surface area contributed by atoms with Crippen LogP contribution in [0.5, 0.6) is 0 Å². The van der Waals surface area contributed by atoms with Gasteiger partial charge in [0.25, 0.3) is 0 Å². The van der Waals surface area contributed by atoms with Gasteiger partial charge in [0, 0.05) is 12.3 Å². The van der Waals surface area contributed by atoms with Crippen molar-refractivity contribution in [1.82, 2.24) is 0 Å². The summed E-state index contributed by atoms with van der Waals surface area (Å²) in [7, 11) is 0. The number of ether oxygens (including phenoxy) is 2. The van der Waals surface area contributed by atoms with Crippen LogP contribution in [-0.4, -0.2) is 40.4 Å². The maximum absolute atomic E-state index is 10.4. The predicted octanol–water partition coefficient (Wildman–Crippen LogP) is 2.36. The summed E-state index contributed by atoms with van der Waals surface area (Å²) in [6, 6.07) is 0. The minimum absolute atomic E-state index is 0.141. The van der Waals surface area contributed by atoms with Gasteiger partial charge in [0.2, 0.25) is 0 Å². The number of hydrogen-bond acceptors (Lipinski definition) is 4. The molecule has 0 amide bonds. The first-order valence-electron chi connectivity index (χ1n) is 8.37. The molecule has 2 heterocycles. The Labute approximate surface area is 121 Å². The second-order valence-corrected chi connectivity index (χ2v) is 6.80. The Kier molecular flexibility index (Phi) is 4.37. The molecule has 0 aromatic rings. The average Bonchev–Trinajstić information content (AvgIpc) is 2.71. The average molecular weight is 284 g/mol. The summed E-state index contributed by atoms with van der Waals surface area (Å²) in [6.45, 7) is 2.22. The summed E-state index contributed by atoms with van der Waals surface area (Å²) in [5, 5.41) is 20.2. The molecule has 3 fully saturated rings. The van der Waals surface area contributed by atoms with Crippen LogP contribution in [0.15, 0.2) is 0 Å². The third-order valence-electron chi connectivity index (χ3n) is 5.31. The molecule has 116 valence electrons. The van der Waals surface area contributed by atoms with Crippen molar-refractivity contribution in [1.29, 1.82) is 0 Å². The first-order chi connectivity index (χ1) is 9.65. The molecule has 6 atom stereocenters. The Morgan fingerprint density at radius 1 is 1.05 bits per heavy atom. The molecule has 1 spiro atoms. The van der Waals surface area contributed by atoms with E-state index in [2.05, 4.69) is 6.92 Å². The van der Waals surface area contributed by atoms with Gasteiger partial charge in [-0.1, -0.05) is 32.6 Å². The van der Waals surface area contributed by atoms with Crippen LogP contribution in [0, 0.1) is 5.92 Å². The Morgan fingerprint density at radius 3 is 2.70 bits per heavy atom. The molecule has 3 rings (SSSR count). The van der Waals surface area contributed by atoms with Gasteiger partial charge >= 0.3 is 0 Å². The van der Waals surface area contributed by atoms with E-state index in [9.17, 15) is 10.2 Å². The summed E-state index contributed by atoms with van der Waals surface area (Å²) < 4.78 is 12.4. The molecular formula is C16H28O4. The van der Waals surface area contributed by atoms with Crippen molar-refractivity contribution < 1.29 is 19.7 Å². The molecular weight excluding hydrogens is 256 g/mol. The van der Waals surface area contributed by atoms with Gasteiger partial charge in [-0.3, -0.25) is 0 Å². The van der Waals surface area contributed by atoms with Gasteiger partial charge in [0.05, 0.1) is 18.3 Å². The highest BCUT2D eigenvalue weighted by Gasteiger charge is 2.61. The normalized spacial score (nSPS) is 47.2. The highest BCUT2D eigenvalue weighted by atomic mass is 16.8. The molecule has 2 N–H and O–H groups in total. The van der Waals surface area contributed by atoms with Gasteiger partial charge in [-0.2, -0.15) is 0 Å². The van der Waals surface area contributed by atoms with Crippen LogP contribution in [0.1, 0.15) is 64.7 Å². The van der Waals surface area contributed by atoms with Crippen molar-refractivity contribution in [2.24, 2.45) is 5.92 Å². The van der Waals surface area contributed by atoms with Crippen molar-refractivity contribution in [2.75, 3.05) is 0 Å². The molecule has 4 nitrogen and oxygen atoms in total. The second-order valence-electron chi connectivity index (χ2n) is 6.80. The van der Waals surface area contributed by atoms with Gasteiger partial charge in [-0.15, -0.1) is 0 Å². The topological polar surface area (TPSA) is 58.9 Å². The fourth-order valence-corrected chi connectivity index (χ4v) is 4.23. The molecule has 0 radical (unpaired) electrons. The molecule has 20 heavy (non-hydrogen) atoms. The van der Waals surface area contributed by atoms with E-state index in [1.54, 1.807) is 0 Å². The zero-order valence-electron chi connectivity index (χ0n) is 12.5. The fourth-order valence-electron chi connectivity index (χ4n) is 4.23. The van der Waals surface area contributed by atoms with E-state index in [0.29, 0.717) is 12.8 Å². The first-order valence-corrected chi connectivity index (χ1v) is 8.37. The summed E-state index contributed by atoms with van der Waals surface area (Å²) in [4.78, 5) is 0. The first kappa shape index (κ1) is 14.8. The Hall–Kier alpha value is -0.160. The standard InChI is InChI=1S/C16H28O4/c1-2-3-4-5-6-13-14-8-7-11-9-12(17)10-15(18)16(11,19-13)20-14/h11-15,17-18H,2-10H2,1H3/t11-,12+,13-,14-,15+,16-/m0/s1. The maximum atomic E-state index is 10.4. The highest BCUT2D eigenvalue weighted by Crippen LogP contribution is 2.51. The van der Waals surface area contributed by atoms with E-state index in [1.807, 2.05) is 0 Å². The minimum atomic E-state index is -0.808. The van der Waals surface area contributed by atoms with Crippen molar-refractivity contribution in [2.45, 2.75) is 94.9 Å². The lowest BCUT2D eigenvalue weighted by Gasteiger charge is -2.46. The van der Waals surface area contributed by atoms with Gasteiger partial charge in [-0.25, -0.2) is 0 Å². The van der Waals surface area contributed by atoms with Crippen LogP contribution in [0.25, 0.3) is 0 Å². The Balaban J connectivity index is 1.63. The molecule has 3 aliphatic rings. The Bertz CT molecular complexity index is 334. The smallest absolute Gasteiger partial charge is 0.198 e. The summed E-state index contributed by atoms with van der Waals surface area (Å²) in [5.74, 6) is -0.657. The van der Waals surface area contributed by atoms with E-state index in [0.717, 1.165) is 19.3 Å². The lowest BCUT2D eigenvalue weighted by Crippen LogP contribution is -2.57. The molecule has 1 aliphatic carbocycles. The van der Waals surface area contributed by atoms with Crippen LogP contribution in [0.3, 0.4) is 0 Å². The summed E-state index contributed by atoms with van der Waals surface area (Å²) >= 11 is 0. The van der Waals surface area contributed by atoms with Gasteiger partial charge in [0.15, 0.2) is 5.79 Å². The molecule has 2 saturated heterocycles. The molecule has 2 aliphatic heterocycles. The van der Waals surface area contributed by atoms with E-state index in [-0.39, 0.29) is 18.1 Å². The van der Waals surface area contributed by atoms with E-state index in [1.165, 1.54) is 25.7 Å². The Morgan fingerprint density at radius 2 is 1.90 bits per heavy atom. The maximum Gasteiger partial charge on any atom is 0.198 e. The monoisotopic (exact) mass is 284 g/mol. The summed E-state index contributed by atoms with van der Waals surface area (Å²) in [6.07, 6.45) is 8.28. The molecule has 0 unspecified atom stereocenters. The van der Waals surface area contributed by atoms with Crippen LogP contribution >= 0.6 is 0 Å². The number of rotatable bonds is 5. The van der Waals surface area contributed by atoms with Crippen molar-refractivity contribution in [3.8, 4) is 0 Å². The molecule has 1 saturated carbocycles. The van der Waals surface area contributed by atoms with Crippen molar-refractivity contribution >= 4 is 0 Å². The number of fused-ring (bicyclic) bond motifs is 1. The predicted molar refractivity (Wildman–Crippen MR) is 75.2 cm³/mol. The number of aliphatic hydroxyl groups excluding tert-OH is 2.